The van der Waals surface area contributed by atoms with Crippen LogP contribution in [0.4, 0.5) is 0 Å². The van der Waals surface area contributed by atoms with Gasteiger partial charge in [0.1, 0.15) is 17.2 Å². The summed E-state index contributed by atoms with van der Waals surface area (Å²) in [5.74, 6) is -0.645. The van der Waals surface area contributed by atoms with Crippen molar-refractivity contribution >= 4 is 17.3 Å². The number of carbonyl (C=O) groups is 3. The van der Waals surface area contributed by atoms with E-state index in [1.165, 1.54) is 27.4 Å². The van der Waals surface area contributed by atoms with Crippen LogP contribution in [-0.2, 0) is 0 Å². The zero-order valence-electron chi connectivity index (χ0n) is 16.3. The van der Waals surface area contributed by atoms with Gasteiger partial charge in [-0.05, 0) is 26.0 Å². The van der Waals surface area contributed by atoms with Gasteiger partial charge >= 0.3 is 0 Å². The van der Waals surface area contributed by atoms with Crippen LogP contribution < -0.4 is 14.2 Å². The minimum Gasteiger partial charge on any atom is -0.496 e. The number of rotatable bonds is 5. The molecule has 0 amide bonds. The number of hydrogen-bond donors (Lipinski definition) is 0. The fraction of sp³-hybridized carbons (Fsp3) is 0.227. The molecule has 0 unspecified atom stereocenters. The number of fused-ring (bicyclic) bond motifs is 2. The van der Waals surface area contributed by atoms with Gasteiger partial charge in [0.25, 0.3) is 0 Å². The molecule has 0 aliphatic heterocycles. The lowest BCUT2D eigenvalue weighted by molar-refractivity contribution is 0.0969. The van der Waals surface area contributed by atoms with Gasteiger partial charge in [0, 0.05) is 11.1 Å². The molecule has 0 N–H and O–H groups in total. The fourth-order valence-corrected chi connectivity index (χ4v) is 3.63. The molecular formula is C22H20O6. The Morgan fingerprint density at radius 3 is 2.11 bits per heavy atom. The van der Waals surface area contributed by atoms with E-state index >= 15 is 0 Å². The molecule has 1 aliphatic rings. The quantitative estimate of drug-likeness (QED) is 0.497. The topological polar surface area (TPSA) is 78.9 Å². The van der Waals surface area contributed by atoms with Crippen molar-refractivity contribution in [3.63, 3.8) is 0 Å². The number of ketones is 3. The molecule has 0 fully saturated rings. The Kier molecular flexibility index (Phi) is 5.05. The molecule has 0 heterocycles. The zero-order chi connectivity index (χ0) is 20.6. The number of allylic oxidation sites excluding steroid dienone is 2. The van der Waals surface area contributed by atoms with Gasteiger partial charge in [0.15, 0.2) is 11.6 Å². The molecule has 0 spiro atoms. The summed E-state index contributed by atoms with van der Waals surface area (Å²) in [6.07, 6.45) is 2.97. The van der Waals surface area contributed by atoms with Gasteiger partial charge in [-0.1, -0.05) is 18.2 Å². The van der Waals surface area contributed by atoms with Crippen molar-refractivity contribution in [2.45, 2.75) is 13.8 Å². The molecule has 144 valence electrons. The number of carbonyl (C=O) groups excluding carboxylic acids is 3. The molecule has 0 saturated heterocycles. The number of hydrogen-bond acceptors (Lipinski definition) is 6. The van der Waals surface area contributed by atoms with Crippen molar-refractivity contribution in [1.82, 2.24) is 0 Å². The second-order valence-electron chi connectivity index (χ2n) is 6.22. The standard InChI is InChI=1S/C22H20O6/c1-6-8-13(23)15-11(2)21(27-4)17-18(22(15)28-5)20(25)16-12(19(17)24)9-7-10-14(16)26-3/h6-10H,1-5H3/b8-6+. The Morgan fingerprint density at radius 1 is 0.893 bits per heavy atom. The maximum Gasteiger partial charge on any atom is 0.202 e. The van der Waals surface area contributed by atoms with Crippen molar-refractivity contribution in [2.75, 3.05) is 21.3 Å². The Hall–Kier alpha value is -3.41. The van der Waals surface area contributed by atoms with Crippen LogP contribution in [0.15, 0.2) is 30.4 Å². The first-order valence-electron chi connectivity index (χ1n) is 8.64. The van der Waals surface area contributed by atoms with Gasteiger partial charge in [-0.25, -0.2) is 0 Å². The van der Waals surface area contributed by atoms with Crippen molar-refractivity contribution in [1.29, 1.82) is 0 Å². The average Bonchev–Trinajstić information content (AvgIpc) is 2.70. The smallest absolute Gasteiger partial charge is 0.202 e. The molecule has 28 heavy (non-hydrogen) atoms. The normalized spacial score (nSPS) is 12.6. The van der Waals surface area contributed by atoms with E-state index in [-0.39, 0.29) is 56.6 Å². The Balaban J connectivity index is 2.48. The average molecular weight is 380 g/mol. The van der Waals surface area contributed by atoms with Crippen LogP contribution in [0.5, 0.6) is 17.2 Å². The molecule has 0 bridgehead atoms. The first-order valence-corrected chi connectivity index (χ1v) is 8.64. The van der Waals surface area contributed by atoms with Gasteiger partial charge in [0.05, 0.1) is 43.6 Å². The van der Waals surface area contributed by atoms with E-state index in [1.54, 1.807) is 38.1 Å². The second-order valence-corrected chi connectivity index (χ2v) is 6.22. The summed E-state index contributed by atoms with van der Waals surface area (Å²) in [6.45, 7) is 3.38. The molecule has 6 nitrogen and oxygen atoms in total. The number of benzene rings is 2. The highest BCUT2D eigenvalue weighted by atomic mass is 16.5. The monoisotopic (exact) mass is 380 g/mol. The molecule has 0 aromatic heterocycles. The van der Waals surface area contributed by atoms with Crippen LogP contribution in [0.3, 0.4) is 0 Å². The lowest BCUT2D eigenvalue weighted by atomic mass is 9.79. The fourth-order valence-electron chi connectivity index (χ4n) is 3.63. The molecule has 0 radical (unpaired) electrons. The molecule has 3 rings (SSSR count). The van der Waals surface area contributed by atoms with E-state index in [0.717, 1.165) is 0 Å². The van der Waals surface area contributed by atoms with E-state index in [2.05, 4.69) is 0 Å². The lowest BCUT2D eigenvalue weighted by Crippen LogP contribution is -2.25. The third-order valence-corrected chi connectivity index (χ3v) is 4.79. The van der Waals surface area contributed by atoms with E-state index in [1.807, 2.05) is 0 Å². The third-order valence-electron chi connectivity index (χ3n) is 4.79. The Morgan fingerprint density at radius 2 is 1.54 bits per heavy atom. The van der Waals surface area contributed by atoms with Gasteiger partial charge in [-0.3, -0.25) is 14.4 Å². The first kappa shape index (κ1) is 19.4. The minimum absolute atomic E-state index is 0.0137. The first-order chi connectivity index (χ1) is 13.4. The molecule has 2 aromatic rings. The maximum absolute atomic E-state index is 13.4. The number of methoxy groups -OCH3 is 3. The summed E-state index contributed by atoms with van der Waals surface area (Å²) in [7, 11) is 4.19. The highest BCUT2D eigenvalue weighted by molar-refractivity contribution is 6.32. The maximum atomic E-state index is 13.4. The van der Waals surface area contributed by atoms with Gasteiger partial charge < -0.3 is 14.2 Å². The molecule has 2 aromatic carbocycles. The van der Waals surface area contributed by atoms with Gasteiger partial charge in [0.2, 0.25) is 5.78 Å². The summed E-state index contributed by atoms with van der Waals surface area (Å²) in [5.41, 5.74) is 1.11. The van der Waals surface area contributed by atoms with Crippen LogP contribution >= 0.6 is 0 Å². The SMILES string of the molecule is C/C=C/C(=O)c1c(C)c(OC)c2c(c1OC)C(=O)c1c(OC)cccc1C2=O. The van der Waals surface area contributed by atoms with Crippen LogP contribution in [0.25, 0.3) is 0 Å². The zero-order valence-corrected chi connectivity index (χ0v) is 16.3. The summed E-state index contributed by atoms with van der Waals surface area (Å²) in [5, 5.41) is 0. The summed E-state index contributed by atoms with van der Waals surface area (Å²) in [6, 6.07) is 4.83. The van der Waals surface area contributed by atoms with Crippen molar-refractivity contribution < 1.29 is 28.6 Å². The van der Waals surface area contributed by atoms with Crippen LogP contribution in [-0.4, -0.2) is 38.7 Å². The van der Waals surface area contributed by atoms with Crippen LogP contribution in [0, 0.1) is 6.92 Å². The molecular weight excluding hydrogens is 360 g/mol. The Labute approximate surface area is 162 Å². The van der Waals surface area contributed by atoms with Gasteiger partial charge in [-0.2, -0.15) is 0 Å². The summed E-state index contributed by atoms with van der Waals surface area (Å²) in [4.78, 5) is 39.4. The third kappa shape index (κ3) is 2.60. The van der Waals surface area contributed by atoms with Crippen LogP contribution in [0.2, 0.25) is 0 Å². The largest absolute Gasteiger partial charge is 0.496 e. The minimum atomic E-state index is -0.452. The number of ether oxygens (including phenoxy) is 3. The van der Waals surface area contributed by atoms with E-state index in [4.69, 9.17) is 14.2 Å². The van der Waals surface area contributed by atoms with E-state index in [9.17, 15) is 14.4 Å². The van der Waals surface area contributed by atoms with Crippen molar-refractivity contribution in [3.05, 3.63) is 63.7 Å². The predicted octanol–water partition coefficient (Wildman–Crippen LogP) is 3.56. The van der Waals surface area contributed by atoms with E-state index in [0.29, 0.717) is 5.56 Å². The molecule has 0 atom stereocenters. The predicted molar refractivity (Wildman–Crippen MR) is 103 cm³/mol. The summed E-state index contributed by atoms with van der Waals surface area (Å²) >= 11 is 0. The van der Waals surface area contributed by atoms with E-state index < -0.39 is 5.78 Å². The second kappa shape index (κ2) is 7.31. The molecule has 6 heteroatoms. The molecule has 0 saturated carbocycles. The molecule has 1 aliphatic carbocycles. The highest BCUT2D eigenvalue weighted by Gasteiger charge is 2.40. The highest BCUT2D eigenvalue weighted by Crippen LogP contribution is 2.45. The van der Waals surface area contributed by atoms with Crippen LogP contribution in [0.1, 0.15) is 54.7 Å². The van der Waals surface area contributed by atoms with Crippen molar-refractivity contribution in [3.8, 4) is 17.2 Å². The lowest BCUT2D eigenvalue weighted by Gasteiger charge is -2.26. The van der Waals surface area contributed by atoms with Crippen molar-refractivity contribution in [2.24, 2.45) is 0 Å². The van der Waals surface area contributed by atoms with Gasteiger partial charge in [-0.15, -0.1) is 0 Å². The summed E-state index contributed by atoms with van der Waals surface area (Å²) < 4.78 is 16.2. The Bertz CT molecular complexity index is 1050.